The highest BCUT2D eigenvalue weighted by molar-refractivity contribution is 8.18. The maximum absolute atomic E-state index is 12.6. The number of halogens is 1. The number of hydrogen-bond acceptors (Lipinski definition) is 6. The molecule has 150 valence electrons. The van der Waals surface area contributed by atoms with Crippen molar-refractivity contribution in [1.29, 1.82) is 0 Å². The van der Waals surface area contributed by atoms with Crippen LogP contribution in [0.2, 0.25) is 5.02 Å². The van der Waals surface area contributed by atoms with E-state index in [4.69, 9.17) is 21.1 Å². The van der Waals surface area contributed by atoms with Crippen molar-refractivity contribution in [3.05, 3.63) is 33.7 Å². The van der Waals surface area contributed by atoms with Gasteiger partial charge in [-0.1, -0.05) is 17.7 Å². The Bertz CT molecular complexity index is 821. The van der Waals surface area contributed by atoms with Crippen LogP contribution in [0.3, 0.4) is 0 Å². The van der Waals surface area contributed by atoms with Crippen LogP contribution >= 0.6 is 23.4 Å². The van der Waals surface area contributed by atoms with Crippen molar-refractivity contribution in [2.24, 2.45) is 0 Å². The van der Waals surface area contributed by atoms with E-state index in [-0.39, 0.29) is 23.5 Å². The summed E-state index contributed by atoms with van der Waals surface area (Å²) in [5.41, 5.74) is 0.672. The van der Waals surface area contributed by atoms with Gasteiger partial charge in [-0.3, -0.25) is 19.3 Å². The van der Waals surface area contributed by atoms with Gasteiger partial charge in [0.1, 0.15) is 12.3 Å². The molecule has 0 atom stereocenters. The van der Waals surface area contributed by atoms with E-state index in [0.29, 0.717) is 42.6 Å². The van der Waals surface area contributed by atoms with E-state index in [0.717, 1.165) is 16.7 Å². The smallest absolute Gasteiger partial charge is 0.294 e. The third-order valence-electron chi connectivity index (χ3n) is 4.15. The average molecular weight is 425 g/mol. The monoisotopic (exact) mass is 424 g/mol. The lowest BCUT2D eigenvalue weighted by Gasteiger charge is -2.28. The molecule has 0 unspecified atom stereocenters. The number of hydrogen-bond donors (Lipinski definition) is 0. The second kappa shape index (κ2) is 8.98. The molecule has 0 bridgehead atoms. The average Bonchev–Trinajstić information content (AvgIpc) is 2.92. The van der Waals surface area contributed by atoms with Crippen LogP contribution in [0.1, 0.15) is 19.4 Å². The van der Waals surface area contributed by atoms with Gasteiger partial charge in [0.2, 0.25) is 5.91 Å². The van der Waals surface area contributed by atoms with Crippen molar-refractivity contribution in [3.8, 4) is 5.75 Å². The van der Waals surface area contributed by atoms with Crippen molar-refractivity contribution in [2.75, 3.05) is 32.8 Å². The molecule has 2 heterocycles. The van der Waals surface area contributed by atoms with Crippen molar-refractivity contribution in [1.82, 2.24) is 9.80 Å². The number of rotatable bonds is 5. The summed E-state index contributed by atoms with van der Waals surface area (Å²) < 4.78 is 10.8. The van der Waals surface area contributed by atoms with Gasteiger partial charge in [-0.15, -0.1) is 0 Å². The topological polar surface area (TPSA) is 76.2 Å². The van der Waals surface area contributed by atoms with E-state index in [1.807, 2.05) is 13.8 Å². The van der Waals surface area contributed by atoms with Crippen molar-refractivity contribution < 1.29 is 23.9 Å². The first-order valence-electron chi connectivity index (χ1n) is 8.92. The quantitative estimate of drug-likeness (QED) is 0.676. The normalized spacial score (nSPS) is 19.1. The van der Waals surface area contributed by atoms with Crippen molar-refractivity contribution >= 4 is 46.5 Å². The van der Waals surface area contributed by atoms with Crippen LogP contribution < -0.4 is 4.74 Å². The molecule has 0 saturated carbocycles. The third-order valence-corrected chi connectivity index (χ3v) is 5.35. The van der Waals surface area contributed by atoms with Crippen LogP contribution in [0.15, 0.2) is 23.1 Å². The summed E-state index contributed by atoms with van der Waals surface area (Å²) in [7, 11) is 0. The standard InChI is InChI=1S/C19H21ClN2O5S/c1-12(2)27-15-4-3-13(9-14(15)20)10-16-18(24)22(19(25)28-16)11-17(23)21-5-7-26-8-6-21/h3-4,9-10,12H,5-8,11H2,1-2H3/b16-10+. The highest BCUT2D eigenvalue weighted by atomic mass is 35.5. The largest absolute Gasteiger partial charge is 0.489 e. The summed E-state index contributed by atoms with van der Waals surface area (Å²) in [5.74, 6) is -0.182. The molecule has 2 aliphatic heterocycles. The Balaban J connectivity index is 1.70. The molecule has 2 aliphatic rings. The minimum absolute atomic E-state index is 0.0103. The Morgan fingerprint density at radius 3 is 2.68 bits per heavy atom. The molecule has 7 nitrogen and oxygen atoms in total. The summed E-state index contributed by atoms with van der Waals surface area (Å²) in [4.78, 5) is 40.0. The van der Waals surface area contributed by atoms with Gasteiger partial charge in [-0.25, -0.2) is 0 Å². The molecular weight excluding hydrogens is 404 g/mol. The summed E-state index contributed by atoms with van der Waals surface area (Å²) in [6, 6.07) is 5.16. The molecule has 0 radical (unpaired) electrons. The minimum Gasteiger partial charge on any atom is -0.489 e. The highest BCUT2D eigenvalue weighted by Gasteiger charge is 2.37. The third kappa shape index (κ3) is 4.87. The Morgan fingerprint density at radius 2 is 2.04 bits per heavy atom. The maximum Gasteiger partial charge on any atom is 0.294 e. The van der Waals surface area contributed by atoms with E-state index in [1.165, 1.54) is 0 Å². The molecule has 9 heteroatoms. The first-order valence-corrected chi connectivity index (χ1v) is 10.1. The number of ether oxygens (including phenoxy) is 2. The molecule has 3 rings (SSSR count). The van der Waals surface area contributed by atoms with Crippen LogP contribution in [-0.2, 0) is 14.3 Å². The number of benzene rings is 1. The first-order chi connectivity index (χ1) is 13.3. The van der Waals surface area contributed by atoms with Crippen LogP contribution in [0.25, 0.3) is 6.08 Å². The summed E-state index contributed by atoms with van der Waals surface area (Å²) in [5, 5.41) is -0.0344. The zero-order valence-corrected chi connectivity index (χ0v) is 17.2. The van der Waals surface area contributed by atoms with E-state index < -0.39 is 11.1 Å². The molecule has 2 saturated heterocycles. The predicted octanol–water partition coefficient (Wildman–Crippen LogP) is 3.02. The van der Waals surface area contributed by atoms with Crippen molar-refractivity contribution in [3.63, 3.8) is 0 Å². The van der Waals surface area contributed by atoms with Gasteiger partial charge >= 0.3 is 0 Å². The van der Waals surface area contributed by atoms with Crippen LogP contribution in [-0.4, -0.2) is 65.8 Å². The fourth-order valence-corrected chi connectivity index (χ4v) is 3.86. The van der Waals surface area contributed by atoms with Gasteiger partial charge in [0, 0.05) is 13.1 Å². The van der Waals surface area contributed by atoms with Gasteiger partial charge in [0.25, 0.3) is 11.1 Å². The van der Waals surface area contributed by atoms with Gasteiger partial charge in [0.05, 0.1) is 29.2 Å². The predicted molar refractivity (Wildman–Crippen MR) is 107 cm³/mol. The van der Waals surface area contributed by atoms with Crippen LogP contribution in [0, 0.1) is 0 Å². The molecule has 0 aromatic heterocycles. The number of amides is 3. The van der Waals surface area contributed by atoms with Gasteiger partial charge in [0.15, 0.2) is 0 Å². The van der Waals surface area contributed by atoms with Gasteiger partial charge < -0.3 is 14.4 Å². The molecule has 28 heavy (non-hydrogen) atoms. The zero-order chi connectivity index (χ0) is 20.3. The number of carbonyl (C=O) groups excluding carboxylic acids is 3. The van der Waals surface area contributed by atoms with E-state index in [2.05, 4.69) is 0 Å². The Morgan fingerprint density at radius 1 is 1.32 bits per heavy atom. The van der Waals surface area contributed by atoms with Gasteiger partial charge in [-0.2, -0.15) is 0 Å². The molecule has 2 fully saturated rings. The number of carbonyl (C=O) groups is 3. The molecular formula is C19H21ClN2O5S. The number of nitrogens with zero attached hydrogens (tertiary/aromatic N) is 2. The first kappa shape index (κ1) is 20.7. The van der Waals surface area contributed by atoms with E-state index >= 15 is 0 Å². The molecule has 1 aromatic rings. The number of imide groups is 1. The fraction of sp³-hybridized carbons (Fsp3) is 0.421. The van der Waals surface area contributed by atoms with E-state index in [1.54, 1.807) is 29.2 Å². The fourth-order valence-electron chi connectivity index (χ4n) is 2.79. The summed E-state index contributed by atoms with van der Waals surface area (Å²) >= 11 is 7.04. The lowest BCUT2D eigenvalue weighted by molar-refractivity contribution is -0.139. The molecule has 0 aliphatic carbocycles. The molecule has 3 amide bonds. The Kier molecular flexibility index (Phi) is 6.64. The van der Waals surface area contributed by atoms with E-state index in [9.17, 15) is 14.4 Å². The minimum atomic E-state index is -0.477. The second-order valence-corrected chi connectivity index (χ2v) is 8.02. The highest BCUT2D eigenvalue weighted by Crippen LogP contribution is 2.34. The lowest BCUT2D eigenvalue weighted by atomic mass is 10.2. The number of morpholine rings is 1. The van der Waals surface area contributed by atoms with Crippen molar-refractivity contribution in [2.45, 2.75) is 20.0 Å². The molecule has 0 spiro atoms. The second-order valence-electron chi connectivity index (χ2n) is 6.62. The Labute approximate surface area is 172 Å². The van der Waals surface area contributed by atoms with Crippen LogP contribution in [0.4, 0.5) is 4.79 Å². The molecule has 0 N–H and O–H groups in total. The summed E-state index contributed by atoms with van der Waals surface area (Å²) in [6.45, 7) is 5.40. The lowest BCUT2D eigenvalue weighted by Crippen LogP contribution is -2.46. The Hall–Kier alpha value is -2.03. The maximum atomic E-state index is 12.6. The van der Waals surface area contributed by atoms with Gasteiger partial charge in [-0.05, 0) is 49.4 Å². The molecule has 1 aromatic carbocycles. The zero-order valence-electron chi connectivity index (χ0n) is 15.6. The number of thioether (sulfide) groups is 1. The SMILES string of the molecule is CC(C)Oc1ccc(/C=C2/SC(=O)N(CC(=O)N3CCOCC3)C2=O)cc1Cl. The summed E-state index contributed by atoms with van der Waals surface area (Å²) in [6.07, 6.45) is 1.58. The van der Waals surface area contributed by atoms with Crippen LogP contribution in [0.5, 0.6) is 5.75 Å².